The number of aromatic nitrogens is 1. The van der Waals surface area contributed by atoms with Crippen LogP contribution in [0.3, 0.4) is 0 Å². The van der Waals surface area contributed by atoms with Crippen LogP contribution in [-0.2, 0) is 0 Å². The molecule has 0 saturated heterocycles. The molecule has 1 fully saturated rings. The van der Waals surface area contributed by atoms with E-state index in [0.717, 1.165) is 18.1 Å². The Balaban J connectivity index is 1.80. The van der Waals surface area contributed by atoms with E-state index in [9.17, 15) is 0 Å². The maximum Gasteiger partial charge on any atom is 0.239 e. The summed E-state index contributed by atoms with van der Waals surface area (Å²) in [6, 6.07) is 13.9. The Hall–Kier alpha value is -2.23. The summed E-state index contributed by atoms with van der Waals surface area (Å²) >= 11 is 0. The van der Waals surface area contributed by atoms with Crippen molar-refractivity contribution in [2.45, 2.75) is 12.8 Å². The SMILES string of the molecule is CN(c1ccccc1)c1ccc(N)c(OCC2CC2)n1. The molecule has 2 aromatic rings. The number of ether oxygens (including phenoxy) is 1. The first-order valence-electron chi connectivity index (χ1n) is 6.92. The van der Waals surface area contributed by atoms with Crippen LogP contribution in [0.25, 0.3) is 0 Å². The van der Waals surface area contributed by atoms with Gasteiger partial charge in [-0.05, 0) is 43.0 Å². The van der Waals surface area contributed by atoms with Crippen LogP contribution in [0.15, 0.2) is 42.5 Å². The standard InChI is InChI=1S/C16H19N3O/c1-19(13-5-3-2-4-6-13)15-10-9-14(17)16(18-15)20-11-12-7-8-12/h2-6,9-10,12H,7-8,11,17H2,1H3. The van der Waals surface area contributed by atoms with Crippen molar-refractivity contribution < 1.29 is 4.74 Å². The molecule has 1 aliphatic carbocycles. The second kappa shape index (κ2) is 5.41. The van der Waals surface area contributed by atoms with E-state index in [2.05, 4.69) is 4.98 Å². The molecular weight excluding hydrogens is 250 g/mol. The van der Waals surface area contributed by atoms with Gasteiger partial charge in [-0.1, -0.05) is 18.2 Å². The minimum atomic E-state index is 0.539. The summed E-state index contributed by atoms with van der Waals surface area (Å²) < 4.78 is 5.72. The molecule has 1 aromatic heterocycles. The first kappa shape index (κ1) is 12.8. The molecule has 1 aliphatic rings. The van der Waals surface area contributed by atoms with Crippen molar-refractivity contribution in [3.8, 4) is 5.88 Å². The van der Waals surface area contributed by atoms with Crippen molar-refractivity contribution in [3.05, 3.63) is 42.5 Å². The van der Waals surface area contributed by atoms with Gasteiger partial charge in [0.2, 0.25) is 5.88 Å². The minimum absolute atomic E-state index is 0.539. The van der Waals surface area contributed by atoms with E-state index in [0.29, 0.717) is 17.5 Å². The number of anilines is 3. The highest BCUT2D eigenvalue weighted by atomic mass is 16.5. The number of pyridine rings is 1. The van der Waals surface area contributed by atoms with E-state index in [1.165, 1.54) is 12.8 Å². The van der Waals surface area contributed by atoms with E-state index < -0.39 is 0 Å². The van der Waals surface area contributed by atoms with E-state index in [4.69, 9.17) is 10.5 Å². The molecule has 3 rings (SSSR count). The molecule has 4 nitrogen and oxygen atoms in total. The van der Waals surface area contributed by atoms with Gasteiger partial charge in [0, 0.05) is 12.7 Å². The smallest absolute Gasteiger partial charge is 0.239 e. The van der Waals surface area contributed by atoms with Crippen LogP contribution in [0.4, 0.5) is 17.2 Å². The molecule has 104 valence electrons. The quantitative estimate of drug-likeness (QED) is 0.905. The van der Waals surface area contributed by atoms with Crippen molar-refractivity contribution in [2.24, 2.45) is 5.92 Å². The molecule has 1 heterocycles. The molecule has 0 atom stereocenters. The molecule has 0 spiro atoms. The maximum absolute atomic E-state index is 5.93. The van der Waals surface area contributed by atoms with Crippen LogP contribution in [0.5, 0.6) is 5.88 Å². The van der Waals surface area contributed by atoms with Gasteiger partial charge >= 0.3 is 0 Å². The average molecular weight is 269 g/mol. The Labute approximate surface area is 119 Å². The summed E-state index contributed by atoms with van der Waals surface area (Å²) in [5.74, 6) is 2.06. The summed E-state index contributed by atoms with van der Waals surface area (Å²) in [5, 5.41) is 0. The summed E-state index contributed by atoms with van der Waals surface area (Å²) in [4.78, 5) is 6.54. The Morgan fingerprint density at radius 3 is 2.65 bits per heavy atom. The zero-order valence-electron chi connectivity index (χ0n) is 11.6. The predicted molar refractivity (Wildman–Crippen MR) is 81.4 cm³/mol. The molecule has 0 unspecified atom stereocenters. The number of nitrogens with two attached hydrogens (primary N) is 1. The molecule has 0 amide bonds. The lowest BCUT2D eigenvalue weighted by molar-refractivity contribution is 0.290. The predicted octanol–water partition coefficient (Wildman–Crippen LogP) is 3.22. The zero-order valence-corrected chi connectivity index (χ0v) is 11.6. The van der Waals surface area contributed by atoms with Gasteiger partial charge in [-0.25, -0.2) is 0 Å². The molecule has 0 bridgehead atoms. The molecule has 20 heavy (non-hydrogen) atoms. The van der Waals surface area contributed by atoms with Crippen LogP contribution in [0.1, 0.15) is 12.8 Å². The minimum Gasteiger partial charge on any atom is -0.476 e. The zero-order chi connectivity index (χ0) is 13.9. The third-order valence-electron chi connectivity index (χ3n) is 3.51. The lowest BCUT2D eigenvalue weighted by Gasteiger charge is -2.19. The fourth-order valence-corrected chi connectivity index (χ4v) is 2.01. The van der Waals surface area contributed by atoms with Gasteiger partial charge in [0.25, 0.3) is 0 Å². The fourth-order valence-electron chi connectivity index (χ4n) is 2.01. The van der Waals surface area contributed by atoms with Crippen molar-refractivity contribution in [1.29, 1.82) is 0 Å². The van der Waals surface area contributed by atoms with E-state index in [1.807, 2.05) is 54.4 Å². The molecule has 1 saturated carbocycles. The Bertz CT molecular complexity index is 582. The van der Waals surface area contributed by atoms with Crippen LogP contribution >= 0.6 is 0 Å². The maximum atomic E-state index is 5.93. The van der Waals surface area contributed by atoms with Gasteiger partial charge in [-0.2, -0.15) is 4.98 Å². The average Bonchev–Trinajstić information content (AvgIpc) is 3.31. The monoisotopic (exact) mass is 269 g/mol. The molecule has 4 heteroatoms. The molecule has 1 aromatic carbocycles. The van der Waals surface area contributed by atoms with Crippen LogP contribution in [-0.4, -0.2) is 18.6 Å². The number of nitrogens with zero attached hydrogens (tertiary/aromatic N) is 2. The second-order valence-corrected chi connectivity index (χ2v) is 5.21. The van der Waals surface area contributed by atoms with Crippen molar-refractivity contribution >= 4 is 17.2 Å². The van der Waals surface area contributed by atoms with E-state index >= 15 is 0 Å². The Morgan fingerprint density at radius 1 is 1.20 bits per heavy atom. The number of para-hydroxylation sites is 1. The number of hydrogen-bond acceptors (Lipinski definition) is 4. The lowest BCUT2D eigenvalue weighted by Crippen LogP contribution is -2.12. The third kappa shape index (κ3) is 2.85. The normalized spacial score (nSPS) is 14.1. The van der Waals surface area contributed by atoms with Crippen molar-refractivity contribution in [1.82, 2.24) is 4.98 Å². The number of nitrogen functional groups attached to an aromatic ring is 1. The topological polar surface area (TPSA) is 51.4 Å². The van der Waals surface area contributed by atoms with E-state index in [1.54, 1.807) is 0 Å². The second-order valence-electron chi connectivity index (χ2n) is 5.21. The van der Waals surface area contributed by atoms with Crippen LogP contribution in [0, 0.1) is 5.92 Å². The summed E-state index contributed by atoms with van der Waals surface area (Å²) in [6.45, 7) is 0.718. The number of hydrogen-bond donors (Lipinski definition) is 1. The highest BCUT2D eigenvalue weighted by Gasteiger charge is 2.22. The number of benzene rings is 1. The van der Waals surface area contributed by atoms with Gasteiger partial charge in [-0.15, -0.1) is 0 Å². The lowest BCUT2D eigenvalue weighted by atomic mass is 10.3. The molecule has 0 aliphatic heterocycles. The van der Waals surface area contributed by atoms with Crippen molar-refractivity contribution in [3.63, 3.8) is 0 Å². The Kier molecular flexibility index (Phi) is 3.46. The van der Waals surface area contributed by atoms with Gasteiger partial charge in [0.15, 0.2) is 0 Å². The van der Waals surface area contributed by atoms with Gasteiger partial charge in [0.1, 0.15) is 5.82 Å². The van der Waals surface area contributed by atoms with Gasteiger partial charge in [-0.3, -0.25) is 0 Å². The summed E-state index contributed by atoms with van der Waals surface area (Å²) in [5.41, 5.74) is 7.60. The largest absolute Gasteiger partial charge is 0.476 e. The highest BCUT2D eigenvalue weighted by molar-refractivity contribution is 5.62. The van der Waals surface area contributed by atoms with Gasteiger partial charge < -0.3 is 15.4 Å². The first-order chi connectivity index (χ1) is 9.74. The van der Waals surface area contributed by atoms with Crippen LogP contribution in [0.2, 0.25) is 0 Å². The van der Waals surface area contributed by atoms with Crippen molar-refractivity contribution in [2.75, 3.05) is 24.3 Å². The molecule has 2 N–H and O–H groups in total. The van der Waals surface area contributed by atoms with Crippen LogP contribution < -0.4 is 15.4 Å². The van der Waals surface area contributed by atoms with E-state index in [-0.39, 0.29) is 0 Å². The highest BCUT2D eigenvalue weighted by Crippen LogP contribution is 2.31. The number of rotatable bonds is 5. The summed E-state index contributed by atoms with van der Waals surface area (Å²) in [7, 11) is 1.98. The molecule has 0 radical (unpaired) electrons. The Morgan fingerprint density at radius 2 is 1.95 bits per heavy atom. The van der Waals surface area contributed by atoms with Gasteiger partial charge in [0.05, 0.1) is 12.3 Å². The third-order valence-corrected chi connectivity index (χ3v) is 3.51. The summed E-state index contributed by atoms with van der Waals surface area (Å²) in [6.07, 6.45) is 2.51. The first-order valence-corrected chi connectivity index (χ1v) is 6.92. The molecular formula is C16H19N3O. The fraction of sp³-hybridized carbons (Fsp3) is 0.312.